The Bertz CT molecular complexity index is 672. The molecule has 24 heavy (non-hydrogen) atoms. The fourth-order valence-electron chi connectivity index (χ4n) is 2.11. The number of amides is 1. The van der Waals surface area contributed by atoms with Crippen LogP contribution in [0.3, 0.4) is 0 Å². The van der Waals surface area contributed by atoms with Gasteiger partial charge in [0.25, 0.3) is 0 Å². The minimum Gasteiger partial charge on any atom is -0.497 e. The van der Waals surface area contributed by atoms with Crippen molar-refractivity contribution in [2.45, 2.75) is 26.4 Å². The lowest BCUT2D eigenvalue weighted by atomic mass is 10.1. The summed E-state index contributed by atoms with van der Waals surface area (Å²) in [5, 5.41) is 2.88. The van der Waals surface area contributed by atoms with E-state index in [4.69, 9.17) is 15.2 Å². The molecule has 0 saturated carbocycles. The van der Waals surface area contributed by atoms with Crippen LogP contribution in [0.1, 0.15) is 19.4 Å². The van der Waals surface area contributed by atoms with Gasteiger partial charge in [0.1, 0.15) is 11.5 Å². The van der Waals surface area contributed by atoms with Gasteiger partial charge >= 0.3 is 0 Å². The number of nitrogen functional groups attached to an aromatic ring is 1. The summed E-state index contributed by atoms with van der Waals surface area (Å²) in [5.41, 5.74) is 7.81. The Morgan fingerprint density at radius 3 is 2.42 bits per heavy atom. The highest BCUT2D eigenvalue weighted by molar-refractivity contribution is 5.94. The average molecular weight is 351 g/mol. The smallest absolute Gasteiger partial charge is 0.228 e. The van der Waals surface area contributed by atoms with Crippen LogP contribution in [0.5, 0.6) is 11.5 Å². The summed E-state index contributed by atoms with van der Waals surface area (Å²) in [6.07, 6.45) is 0.273. The van der Waals surface area contributed by atoms with Crippen LogP contribution in [0.2, 0.25) is 0 Å². The molecule has 2 aromatic rings. The third kappa shape index (κ3) is 5.66. The van der Waals surface area contributed by atoms with Gasteiger partial charge in [0.2, 0.25) is 5.91 Å². The number of rotatable bonds is 6. The fraction of sp³-hybridized carbons (Fsp3) is 0.278. The molecule has 0 radical (unpaired) electrons. The van der Waals surface area contributed by atoms with Crippen LogP contribution in [0.25, 0.3) is 0 Å². The molecule has 0 atom stereocenters. The van der Waals surface area contributed by atoms with Crippen LogP contribution in [-0.2, 0) is 11.2 Å². The van der Waals surface area contributed by atoms with E-state index in [1.807, 2.05) is 26.0 Å². The Labute approximate surface area is 148 Å². The first-order chi connectivity index (χ1) is 11.0. The van der Waals surface area contributed by atoms with E-state index in [0.29, 0.717) is 22.9 Å². The minimum atomic E-state index is -0.128. The summed E-state index contributed by atoms with van der Waals surface area (Å²) in [4.78, 5) is 12.3. The van der Waals surface area contributed by atoms with Gasteiger partial charge in [-0.05, 0) is 43.7 Å². The maximum Gasteiger partial charge on any atom is 0.228 e. The quantitative estimate of drug-likeness (QED) is 0.779. The first kappa shape index (κ1) is 19.6. The number of carbonyl (C=O) groups is 1. The molecule has 0 aromatic heterocycles. The molecule has 5 nitrogen and oxygen atoms in total. The summed E-state index contributed by atoms with van der Waals surface area (Å²) in [7, 11) is 1.58. The van der Waals surface area contributed by atoms with Gasteiger partial charge in [0.05, 0.1) is 25.3 Å². The molecule has 0 heterocycles. The number of anilines is 2. The summed E-state index contributed by atoms with van der Waals surface area (Å²) in [5.74, 6) is 1.15. The van der Waals surface area contributed by atoms with Crippen LogP contribution in [0, 0.1) is 0 Å². The Balaban J connectivity index is 0.00000288. The maximum atomic E-state index is 12.3. The number of hydrogen-bond acceptors (Lipinski definition) is 4. The molecular formula is C18H23ClN2O3. The second-order valence-electron chi connectivity index (χ2n) is 5.50. The molecule has 2 rings (SSSR count). The first-order valence-corrected chi connectivity index (χ1v) is 7.47. The molecule has 0 aliphatic rings. The van der Waals surface area contributed by atoms with Crippen molar-refractivity contribution >= 4 is 29.7 Å². The van der Waals surface area contributed by atoms with Crippen molar-refractivity contribution in [2.24, 2.45) is 0 Å². The van der Waals surface area contributed by atoms with Gasteiger partial charge in [-0.3, -0.25) is 4.79 Å². The Hall–Kier alpha value is -2.40. The number of methoxy groups -OCH3 is 1. The monoisotopic (exact) mass is 350 g/mol. The number of carbonyl (C=O) groups excluding carboxylic acids is 1. The van der Waals surface area contributed by atoms with Crippen molar-refractivity contribution < 1.29 is 14.3 Å². The zero-order chi connectivity index (χ0) is 16.8. The largest absolute Gasteiger partial charge is 0.497 e. The standard InChI is InChI=1S/C18H22N2O3.ClH/c1-12(2)23-17-9-8-15(22-3)11-16(17)20-18(21)10-13-4-6-14(19)7-5-13;/h4-9,11-12H,10,19H2,1-3H3,(H,20,21);1H. The van der Waals surface area contributed by atoms with Gasteiger partial charge in [0, 0.05) is 11.8 Å². The predicted molar refractivity (Wildman–Crippen MR) is 99.2 cm³/mol. The highest BCUT2D eigenvalue weighted by Crippen LogP contribution is 2.30. The molecule has 130 valence electrons. The van der Waals surface area contributed by atoms with Crippen LogP contribution in [0.4, 0.5) is 11.4 Å². The Morgan fingerprint density at radius 2 is 1.83 bits per heavy atom. The van der Waals surface area contributed by atoms with Gasteiger partial charge in [-0.1, -0.05) is 12.1 Å². The number of nitrogens with two attached hydrogens (primary N) is 1. The van der Waals surface area contributed by atoms with E-state index < -0.39 is 0 Å². The minimum absolute atomic E-state index is 0. The van der Waals surface area contributed by atoms with Crippen molar-refractivity contribution in [3.05, 3.63) is 48.0 Å². The number of ether oxygens (including phenoxy) is 2. The summed E-state index contributed by atoms with van der Waals surface area (Å²) >= 11 is 0. The number of nitrogens with one attached hydrogen (secondary N) is 1. The molecule has 3 N–H and O–H groups in total. The third-order valence-electron chi connectivity index (χ3n) is 3.17. The van der Waals surface area contributed by atoms with Crippen molar-refractivity contribution in [1.82, 2.24) is 0 Å². The van der Waals surface area contributed by atoms with Gasteiger partial charge in [-0.2, -0.15) is 0 Å². The average Bonchev–Trinajstić information content (AvgIpc) is 2.51. The summed E-state index contributed by atoms with van der Waals surface area (Å²) in [6.45, 7) is 3.87. The lowest BCUT2D eigenvalue weighted by Gasteiger charge is -2.16. The van der Waals surface area contributed by atoms with Crippen molar-refractivity contribution in [1.29, 1.82) is 0 Å². The van der Waals surface area contributed by atoms with Gasteiger partial charge in [0.15, 0.2) is 0 Å². The second kappa shape index (κ2) is 9.03. The van der Waals surface area contributed by atoms with Crippen molar-refractivity contribution in [3.63, 3.8) is 0 Å². The lowest BCUT2D eigenvalue weighted by molar-refractivity contribution is -0.115. The molecule has 0 aliphatic heterocycles. The van der Waals surface area contributed by atoms with E-state index in [0.717, 1.165) is 5.56 Å². The van der Waals surface area contributed by atoms with Crippen LogP contribution < -0.4 is 20.5 Å². The third-order valence-corrected chi connectivity index (χ3v) is 3.17. The molecule has 1 amide bonds. The van der Waals surface area contributed by atoms with E-state index in [2.05, 4.69) is 5.32 Å². The topological polar surface area (TPSA) is 73.6 Å². The van der Waals surface area contributed by atoms with Crippen LogP contribution >= 0.6 is 12.4 Å². The van der Waals surface area contributed by atoms with E-state index in [1.54, 1.807) is 37.4 Å². The van der Waals surface area contributed by atoms with Crippen molar-refractivity contribution in [3.8, 4) is 11.5 Å². The highest BCUT2D eigenvalue weighted by atomic mass is 35.5. The molecule has 2 aromatic carbocycles. The molecular weight excluding hydrogens is 328 g/mol. The molecule has 0 spiro atoms. The van der Waals surface area contributed by atoms with E-state index in [-0.39, 0.29) is 30.8 Å². The normalized spacial score (nSPS) is 10.0. The molecule has 0 unspecified atom stereocenters. The Kier molecular flexibility index (Phi) is 7.39. The van der Waals surface area contributed by atoms with Crippen LogP contribution in [0.15, 0.2) is 42.5 Å². The SMILES string of the molecule is COc1ccc(OC(C)C)c(NC(=O)Cc2ccc(N)cc2)c1.Cl. The zero-order valence-electron chi connectivity index (χ0n) is 14.0. The first-order valence-electron chi connectivity index (χ1n) is 7.47. The van der Waals surface area contributed by atoms with E-state index in [1.165, 1.54) is 0 Å². The van der Waals surface area contributed by atoms with Crippen LogP contribution in [-0.4, -0.2) is 19.1 Å². The van der Waals surface area contributed by atoms with E-state index in [9.17, 15) is 4.79 Å². The molecule has 0 bridgehead atoms. The van der Waals surface area contributed by atoms with Gasteiger partial charge < -0.3 is 20.5 Å². The van der Waals surface area contributed by atoms with Gasteiger partial charge in [-0.25, -0.2) is 0 Å². The predicted octanol–water partition coefficient (Wildman–Crippen LogP) is 3.67. The molecule has 0 saturated heterocycles. The lowest BCUT2D eigenvalue weighted by Crippen LogP contribution is -2.16. The fourth-order valence-corrected chi connectivity index (χ4v) is 2.11. The zero-order valence-corrected chi connectivity index (χ0v) is 14.9. The second-order valence-corrected chi connectivity index (χ2v) is 5.50. The number of benzene rings is 2. The summed E-state index contributed by atoms with van der Waals surface area (Å²) < 4.78 is 10.9. The van der Waals surface area contributed by atoms with Crippen molar-refractivity contribution in [2.75, 3.05) is 18.2 Å². The number of halogens is 1. The number of hydrogen-bond donors (Lipinski definition) is 2. The van der Waals surface area contributed by atoms with Gasteiger partial charge in [-0.15, -0.1) is 12.4 Å². The Morgan fingerprint density at radius 1 is 1.17 bits per heavy atom. The molecule has 0 fully saturated rings. The molecule has 0 aliphatic carbocycles. The molecule has 6 heteroatoms. The maximum absolute atomic E-state index is 12.3. The highest BCUT2D eigenvalue weighted by Gasteiger charge is 2.11. The summed E-state index contributed by atoms with van der Waals surface area (Å²) in [6, 6.07) is 12.6. The van der Waals surface area contributed by atoms with E-state index >= 15 is 0 Å².